The Kier molecular flexibility index (Phi) is 7.64. The third-order valence-corrected chi connectivity index (χ3v) is 6.08. The van der Waals surface area contributed by atoms with E-state index in [2.05, 4.69) is 63.4 Å². The molecule has 0 bridgehead atoms. The van der Waals surface area contributed by atoms with Gasteiger partial charge in [-0.15, -0.1) is 0 Å². The van der Waals surface area contributed by atoms with Gasteiger partial charge in [-0.25, -0.2) is 5.43 Å². The largest absolute Gasteiger partial charge is 0.496 e. The van der Waals surface area contributed by atoms with Crippen molar-refractivity contribution in [3.63, 3.8) is 0 Å². The quantitative estimate of drug-likeness (QED) is 0.166. The molecule has 0 fully saturated rings. The Hall–Kier alpha value is -3.59. The first-order valence-corrected chi connectivity index (χ1v) is 11.6. The van der Waals surface area contributed by atoms with E-state index in [9.17, 15) is 4.79 Å². The number of ether oxygens (including phenoxy) is 3. The minimum Gasteiger partial charge on any atom is -0.496 e. The van der Waals surface area contributed by atoms with E-state index in [0.29, 0.717) is 29.4 Å². The van der Waals surface area contributed by atoms with E-state index in [0.717, 1.165) is 14.7 Å². The lowest BCUT2D eigenvalue weighted by Crippen LogP contribution is -2.17. The van der Waals surface area contributed by atoms with Crippen LogP contribution in [0.4, 0.5) is 0 Å². The number of hydrogen-bond donors (Lipinski definition) is 1. The molecule has 0 spiro atoms. The maximum absolute atomic E-state index is 12.4. The Morgan fingerprint density at radius 1 is 0.882 bits per heavy atom. The Morgan fingerprint density at radius 2 is 1.68 bits per heavy atom. The number of methoxy groups -OCH3 is 2. The van der Waals surface area contributed by atoms with Gasteiger partial charge in [0.2, 0.25) is 0 Å². The van der Waals surface area contributed by atoms with Crippen molar-refractivity contribution in [2.75, 3.05) is 14.2 Å². The zero-order valence-corrected chi connectivity index (χ0v) is 20.9. The Labute approximate surface area is 211 Å². The number of halogens is 1. The summed E-state index contributed by atoms with van der Waals surface area (Å²) in [6.45, 7) is 0.421. The highest BCUT2D eigenvalue weighted by molar-refractivity contribution is 14.1. The van der Waals surface area contributed by atoms with E-state index in [4.69, 9.17) is 14.2 Å². The number of hydrazone groups is 1. The number of amides is 1. The second kappa shape index (κ2) is 11.0. The highest BCUT2D eigenvalue weighted by atomic mass is 127. The molecule has 0 radical (unpaired) electrons. The van der Waals surface area contributed by atoms with Gasteiger partial charge in [0.05, 0.1) is 24.0 Å². The number of hydrogen-bond acceptors (Lipinski definition) is 5. The Morgan fingerprint density at radius 3 is 2.47 bits per heavy atom. The van der Waals surface area contributed by atoms with E-state index in [1.165, 1.54) is 10.8 Å². The van der Waals surface area contributed by atoms with Crippen LogP contribution in [0.5, 0.6) is 17.2 Å². The molecule has 7 heteroatoms. The second-order valence-corrected chi connectivity index (χ2v) is 8.59. The van der Waals surface area contributed by atoms with Gasteiger partial charge in [0.25, 0.3) is 5.91 Å². The molecule has 0 saturated heterocycles. The first-order chi connectivity index (χ1) is 16.6. The normalized spacial score (nSPS) is 10.9. The predicted octanol–water partition coefficient (Wildman–Crippen LogP) is 5.80. The van der Waals surface area contributed by atoms with Crippen LogP contribution in [0.25, 0.3) is 10.8 Å². The maximum atomic E-state index is 12.4. The molecule has 1 N–H and O–H groups in total. The zero-order valence-electron chi connectivity index (χ0n) is 18.7. The van der Waals surface area contributed by atoms with Gasteiger partial charge in [-0.3, -0.25) is 4.79 Å². The van der Waals surface area contributed by atoms with Crippen LogP contribution < -0.4 is 19.6 Å². The Balaban J connectivity index is 1.40. The minimum atomic E-state index is -0.326. The van der Waals surface area contributed by atoms with Crippen LogP contribution in [0.15, 0.2) is 84.0 Å². The van der Waals surface area contributed by atoms with Crippen molar-refractivity contribution in [3.05, 3.63) is 99.1 Å². The monoisotopic (exact) mass is 566 g/mol. The van der Waals surface area contributed by atoms with Crippen LogP contribution in [0.3, 0.4) is 0 Å². The molecule has 0 unspecified atom stereocenters. The minimum absolute atomic E-state index is 0.326. The summed E-state index contributed by atoms with van der Waals surface area (Å²) in [6.07, 6.45) is 1.55. The molecule has 4 aromatic carbocycles. The van der Waals surface area contributed by atoms with Crippen molar-refractivity contribution in [2.45, 2.75) is 6.61 Å². The fourth-order valence-electron chi connectivity index (χ4n) is 3.40. The van der Waals surface area contributed by atoms with Crippen molar-refractivity contribution in [2.24, 2.45) is 5.10 Å². The molecular weight excluding hydrogens is 543 g/mol. The summed E-state index contributed by atoms with van der Waals surface area (Å²) in [6, 6.07) is 25.2. The van der Waals surface area contributed by atoms with Crippen molar-refractivity contribution < 1.29 is 19.0 Å². The molecule has 0 aliphatic rings. The molecule has 0 aliphatic heterocycles. The fourth-order valence-corrected chi connectivity index (χ4v) is 3.96. The molecular formula is C27H23IN2O4. The third-order valence-electron chi connectivity index (χ3n) is 5.19. The van der Waals surface area contributed by atoms with E-state index in [1.807, 2.05) is 30.3 Å². The lowest BCUT2D eigenvalue weighted by Gasteiger charge is -2.12. The summed E-state index contributed by atoms with van der Waals surface area (Å²) < 4.78 is 17.7. The smallest absolute Gasteiger partial charge is 0.271 e. The van der Waals surface area contributed by atoms with E-state index < -0.39 is 0 Å². The Bertz CT molecular complexity index is 1350. The summed E-state index contributed by atoms with van der Waals surface area (Å²) in [7, 11) is 3.16. The van der Waals surface area contributed by atoms with Gasteiger partial charge in [0.15, 0.2) is 11.5 Å². The molecule has 0 aliphatic carbocycles. The lowest BCUT2D eigenvalue weighted by atomic mass is 10.1. The summed E-state index contributed by atoms with van der Waals surface area (Å²) in [5.41, 5.74) is 4.82. The van der Waals surface area contributed by atoms with Crippen molar-refractivity contribution >= 4 is 45.5 Å². The SMILES string of the molecule is COc1cc(C(=O)N/N=C\c2ccc(OCc3ccc4ccccc4c3)c(OC)c2)ccc1I. The van der Waals surface area contributed by atoms with Gasteiger partial charge in [0, 0.05) is 5.56 Å². The molecule has 0 aromatic heterocycles. The standard InChI is InChI=1S/C27H23IN2O4/c1-32-25-15-22(10-11-23(25)28)27(31)30-29-16-18-8-12-24(26(14-18)33-2)34-17-19-7-9-20-5-3-4-6-21(20)13-19/h3-16H,17H2,1-2H3,(H,30,31)/b29-16-. The van der Waals surface area contributed by atoms with Gasteiger partial charge >= 0.3 is 0 Å². The average molecular weight is 566 g/mol. The highest BCUT2D eigenvalue weighted by Crippen LogP contribution is 2.29. The van der Waals surface area contributed by atoms with Gasteiger partial charge in [0.1, 0.15) is 12.4 Å². The number of carbonyl (C=O) groups excluding carboxylic acids is 1. The van der Waals surface area contributed by atoms with Gasteiger partial charge in [-0.1, -0.05) is 36.4 Å². The molecule has 4 rings (SSSR count). The van der Waals surface area contributed by atoms with Crippen molar-refractivity contribution in [3.8, 4) is 17.2 Å². The molecule has 1 amide bonds. The molecule has 172 valence electrons. The van der Waals surface area contributed by atoms with Crippen LogP contribution in [-0.2, 0) is 6.61 Å². The van der Waals surface area contributed by atoms with Gasteiger partial charge in [-0.05, 0) is 87.0 Å². The van der Waals surface area contributed by atoms with Crippen LogP contribution >= 0.6 is 22.6 Å². The number of carbonyl (C=O) groups is 1. The summed E-state index contributed by atoms with van der Waals surface area (Å²) >= 11 is 2.15. The summed E-state index contributed by atoms with van der Waals surface area (Å²) in [5.74, 6) is 1.52. The van der Waals surface area contributed by atoms with E-state index >= 15 is 0 Å². The summed E-state index contributed by atoms with van der Waals surface area (Å²) in [4.78, 5) is 12.4. The van der Waals surface area contributed by atoms with Crippen LogP contribution in [-0.4, -0.2) is 26.3 Å². The molecule has 0 heterocycles. The van der Waals surface area contributed by atoms with Crippen LogP contribution in [0.2, 0.25) is 0 Å². The van der Waals surface area contributed by atoms with Crippen molar-refractivity contribution in [1.29, 1.82) is 0 Å². The zero-order chi connectivity index (χ0) is 23.9. The average Bonchev–Trinajstić information content (AvgIpc) is 2.87. The van der Waals surface area contributed by atoms with Crippen molar-refractivity contribution in [1.82, 2.24) is 5.43 Å². The number of nitrogens with zero attached hydrogens (tertiary/aromatic N) is 1. The van der Waals surface area contributed by atoms with E-state index in [-0.39, 0.29) is 5.91 Å². The second-order valence-electron chi connectivity index (χ2n) is 7.43. The van der Waals surface area contributed by atoms with Gasteiger partial charge < -0.3 is 14.2 Å². The fraction of sp³-hybridized carbons (Fsp3) is 0.111. The van der Waals surface area contributed by atoms with Crippen LogP contribution in [0, 0.1) is 3.57 Å². The lowest BCUT2D eigenvalue weighted by molar-refractivity contribution is 0.0954. The topological polar surface area (TPSA) is 69.2 Å². The first kappa shape index (κ1) is 23.6. The molecule has 34 heavy (non-hydrogen) atoms. The predicted molar refractivity (Wildman–Crippen MR) is 142 cm³/mol. The molecule has 6 nitrogen and oxygen atoms in total. The molecule has 4 aromatic rings. The molecule has 0 saturated carbocycles. The third kappa shape index (κ3) is 5.66. The number of nitrogens with one attached hydrogen (secondary N) is 1. The van der Waals surface area contributed by atoms with E-state index in [1.54, 1.807) is 38.6 Å². The van der Waals surface area contributed by atoms with Gasteiger partial charge in [-0.2, -0.15) is 5.10 Å². The number of benzene rings is 4. The molecule has 0 atom stereocenters. The maximum Gasteiger partial charge on any atom is 0.271 e. The number of fused-ring (bicyclic) bond motifs is 1. The number of rotatable bonds is 8. The summed E-state index contributed by atoms with van der Waals surface area (Å²) in [5, 5.41) is 6.43. The first-order valence-electron chi connectivity index (χ1n) is 10.5. The highest BCUT2D eigenvalue weighted by Gasteiger charge is 2.09. The van der Waals surface area contributed by atoms with Crippen LogP contribution in [0.1, 0.15) is 21.5 Å².